The van der Waals surface area contributed by atoms with Gasteiger partial charge in [-0.2, -0.15) is 0 Å². The number of benzene rings is 1. The molecule has 200 valence electrons. The third-order valence-corrected chi connectivity index (χ3v) is 7.73. The first-order valence-electron chi connectivity index (χ1n) is 13.3. The van der Waals surface area contributed by atoms with E-state index in [-0.39, 0.29) is 17.8 Å². The molecule has 1 amide bonds. The standard InChI is InChI=1S/C28H38FN5O3/c1-19-15-33(25(14-30-19)16-32-8-10-36-18-20(32)2)17-27(35)34-9-11-37-28-26(34)13-23(21(3)31-28)12-22-4-6-24(29)7-5-22/h4-7,13,19-20,25,30H,8-12,14-18H2,1-3H3/t19-,20?,25-/m1/s1. The van der Waals surface area contributed by atoms with Crippen LogP contribution in [-0.2, 0) is 16.0 Å². The summed E-state index contributed by atoms with van der Waals surface area (Å²) in [5.74, 6) is 0.321. The first-order valence-corrected chi connectivity index (χ1v) is 13.3. The lowest BCUT2D eigenvalue weighted by atomic mass is 10.0. The van der Waals surface area contributed by atoms with Crippen molar-refractivity contribution in [3.63, 3.8) is 0 Å². The van der Waals surface area contributed by atoms with Gasteiger partial charge >= 0.3 is 0 Å². The molecule has 0 bridgehead atoms. The first-order chi connectivity index (χ1) is 17.9. The van der Waals surface area contributed by atoms with Gasteiger partial charge < -0.3 is 19.7 Å². The average molecular weight is 512 g/mol. The predicted molar refractivity (Wildman–Crippen MR) is 141 cm³/mol. The van der Waals surface area contributed by atoms with Gasteiger partial charge in [0.25, 0.3) is 0 Å². The number of morpholine rings is 1. The number of hydrogen-bond acceptors (Lipinski definition) is 7. The highest BCUT2D eigenvalue weighted by atomic mass is 19.1. The van der Waals surface area contributed by atoms with Crippen molar-refractivity contribution in [3.05, 3.63) is 53.0 Å². The monoisotopic (exact) mass is 511 g/mol. The van der Waals surface area contributed by atoms with Crippen LogP contribution in [0.15, 0.2) is 30.3 Å². The lowest BCUT2D eigenvalue weighted by Gasteiger charge is -2.44. The van der Waals surface area contributed by atoms with Crippen LogP contribution in [-0.4, -0.2) is 97.9 Å². The van der Waals surface area contributed by atoms with Crippen LogP contribution in [0.5, 0.6) is 5.88 Å². The molecule has 0 radical (unpaired) electrons. The maximum absolute atomic E-state index is 13.7. The van der Waals surface area contributed by atoms with Gasteiger partial charge in [-0.15, -0.1) is 0 Å². The number of amides is 1. The summed E-state index contributed by atoms with van der Waals surface area (Å²) in [4.78, 5) is 25.1. The number of aryl methyl sites for hydroxylation is 1. The highest BCUT2D eigenvalue weighted by molar-refractivity contribution is 5.96. The number of hydrogen-bond donors (Lipinski definition) is 1. The van der Waals surface area contributed by atoms with E-state index in [1.165, 1.54) is 12.1 Å². The smallest absolute Gasteiger partial charge is 0.241 e. The van der Waals surface area contributed by atoms with Crippen LogP contribution in [0.4, 0.5) is 10.1 Å². The first kappa shape index (κ1) is 26.0. The molecule has 1 aromatic heterocycles. The second-order valence-corrected chi connectivity index (χ2v) is 10.6. The van der Waals surface area contributed by atoms with Crippen molar-refractivity contribution in [3.8, 4) is 5.88 Å². The number of anilines is 1. The number of carbonyl (C=O) groups excluding carboxylic acids is 1. The lowest BCUT2D eigenvalue weighted by Crippen LogP contribution is -2.62. The Hall–Kier alpha value is -2.59. The summed E-state index contributed by atoms with van der Waals surface area (Å²) in [7, 11) is 0. The Balaban J connectivity index is 1.32. The summed E-state index contributed by atoms with van der Waals surface area (Å²) < 4.78 is 24.8. The molecule has 3 aliphatic rings. The highest BCUT2D eigenvalue weighted by Crippen LogP contribution is 2.33. The summed E-state index contributed by atoms with van der Waals surface area (Å²) in [6.45, 7) is 12.7. The fourth-order valence-electron chi connectivity index (χ4n) is 5.49. The number of carbonyl (C=O) groups is 1. The summed E-state index contributed by atoms with van der Waals surface area (Å²) >= 11 is 0. The van der Waals surface area contributed by atoms with Crippen molar-refractivity contribution in [2.75, 3.05) is 64.0 Å². The Bertz CT molecular complexity index is 1100. The zero-order valence-corrected chi connectivity index (χ0v) is 22.1. The van der Waals surface area contributed by atoms with Crippen LogP contribution in [0.3, 0.4) is 0 Å². The average Bonchev–Trinajstić information content (AvgIpc) is 2.88. The van der Waals surface area contributed by atoms with E-state index in [0.717, 1.165) is 61.9 Å². The van der Waals surface area contributed by atoms with Crippen LogP contribution < -0.4 is 15.0 Å². The van der Waals surface area contributed by atoms with Gasteiger partial charge in [0.2, 0.25) is 11.8 Å². The summed E-state index contributed by atoms with van der Waals surface area (Å²) in [5.41, 5.74) is 3.58. The fourth-order valence-corrected chi connectivity index (χ4v) is 5.49. The maximum Gasteiger partial charge on any atom is 0.241 e. The van der Waals surface area contributed by atoms with Crippen LogP contribution >= 0.6 is 0 Å². The van der Waals surface area contributed by atoms with Crippen LogP contribution in [0, 0.1) is 12.7 Å². The van der Waals surface area contributed by atoms with Gasteiger partial charge in [0, 0.05) is 50.0 Å². The number of halogens is 1. The van der Waals surface area contributed by atoms with E-state index in [0.29, 0.717) is 44.1 Å². The van der Waals surface area contributed by atoms with Gasteiger partial charge in [0.1, 0.15) is 18.1 Å². The van der Waals surface area contributed by atoms with Gasteiger partial charge in [-0.05, 0) is 56.5 Å². The van der Waals surface area contributed by atoms with Crippen molar-refractivity contribution in [1.82, 2.24) is 20.1 Å². The molecule has 9 heteroatoms. The van der Waals surface area contributed by atoms with E-state index in [4.69, 9.17) is 9.47 Å². The van der Waals surface area contributed by atoms with Crippen LogP contribution in [0.1, 0.15) is 30.7 Å². The van der Waals surface area contributed by atoms with Crippen molar-refractivity contribution in [2.45, 2.75) is 45.3 Å². The minimum Gasteiger partial charge on any atom is -0.474 e. The molecule has 37 heavy (non-hydrogen) atoms. The SMILES string of the molecule is Cc1nc2c(cc1Cc1ccc(F)cc1)N(C(=O)CN1C[C@@H](C)NC[C@@H]1CN1CCOCC1C)CCO2. The van der Waals surface area contributed by atoms with Gasteiger partial charge in [-0.3, -0.25) is 14.6 Å². The molecule has 0 spiro atoms. The van der Waals surface area contributed by atoms with Crippen molar-refractivity contribution >= 4 is 11.6 Å². The molecule has 2 fully saturated rings. The molecule has 2 saturated heterocycles. The van der Waals surface area contributed by atoms with Crippen LogP contribution in [0.25, 0.3) is 0 Å². The lowest BCUT2D eigenvalue weighted by molar-refractivity contribution is -0.121. The normalized spacial score (nSPS) is 25.0. The second-order valence-electron chi connectivity index (χ2n) is 10.6. The van der Waals surface area contributed by atoms with Gasteiger partial charge in [-0.25, -0.2) is 9.37 Å². The Morgan fingerprint density at radius 2 is 1.97 bits per heavy atom. The number of pyridine rings is 1. The summed E-state index contributed by atoms with van der Waals surface area (Å²) in [6, 6.07) is 9.50. The van der Waals surface area contributed by atoms with Crippen molar-refractivity contribution in [2.24, 2.45) is 0 Å². The van der Waals surface area contributed by atoms with Crippen LogP contribution in [0.2, 0.25) is 0 Å². The molecule has 1 aromatic carbocycles. The van der Waals surface area contributed by atoms with E-state index < -0.39 is 0 Å². The molecule has 1 unspecified atom stereocenters. The van der Waals surface area contributed by atoms with E-state index >= 15 is 0 Å². The van der Waals surface area contributed by atoms with Gasteiger partial charge in [-0.1, -0.05) is 12.1 Å². The number of rotatable bonds is 6. The minimum atomic E-state index is -0.252. The largest absolute Gasteiger partial charge is 0.474 e. The number of nitrogens with one attached hydrogen (secondary N) is 1. The minimum absolute atomic E-state index is 0.0667. The summed E-state index contributed by atoms with van der Waals surface area (Å²) in [5, 5.41) is 3.60. The van der Waals surface area contributed by atoms with E-state index in [2.05, 4.69) is 33.9 Å². The third kappa shape index (κ3) is 6.12. The van der Waals surface area contributed by atoms with Gasteiger partial charge in [0.05, 0.1) is 26.3 Å². The Morgan fingerprint density at radius 3 is 2.76 bits per heavy atom. The quantitative estimate of drug-likeness (QED) is 0.638. The predicted octanol–water partition coefficient (Wildman–Crippen LogP) is 2.23. The molecular weight excluding hydrogens is 473 g/mol. The second kappa shape index (κ2) is 11.4. The molecule has 2 aromatic rings. The third-order valence-electron chi connectivity index (χ3n) is 7.73. The molecular formula is C28H38FN5O3. The van der Waals surface area contributed by atoms with Gasteiger partial charge in [0.15, 0.2) is 0 Å². The zero-order chi connectivity index (χ0) is 25.9. The fraction of sp³-hybridized carbons (Fsp3) is 0.571. The molecule has 8 nitrogen and oxygen atoms in total. The number of fused-ring (bicyclic) bond motifs is 1. The number of nitrogens with zero attached hydrogens (tertiary/aromatic N) is 4. The van der Waals surface area contributed by atoms with Crippen molar-refractivity contribution in [1.29, 1.82) is 0 Å². The Morgan fingerprint density at radius 1 is 1.16 bits per heavy atom. The maximum atomic E-state index is 13.7. The number of piperazine rings is 1. The summed E-state index contributed by atoms with van der Waals surface area (Å²) in [6.07, 6.45) is 0.615. The molecule has 1 N–H and O–H groups in total. The highest BCUT2D eigenvalue weighted by Gasteiger charge is 2.33. The molecule has 3 atom stereocenters. The Labute approximate surface area is 218 Å². The molecule has 5 rings (SSSR count). The zero-order valence-electron chi connectivity index (χ0n) is 22.1. The number of aromatic nitrogens is 1. The number of ether oxygens (including phenoxy) is 2. The molecule has 4 heterocycles. The molecule has 3 aliphatic heterocycles. The van der Waals surface area contributed by atoms with E-state index in [9.17, 15) is 9.18 Å². The van der Waals surface area contributed by atoms with Crippen molar-refractivity contribution < 1.29 is 18.7 Å². The van der Waals surface area contributed by atoms with E-state index in [1.807, 2.05) is 17.9 Å². The molecule has 0 saturated carbocycles. The topological polar surface area (TPSA) is 70.2 Å². The Kier molecular flexibility index (Phi) is 8.04. The van der Waals surface area contributed by atoms with E-state index in [1.54, 1.807) is 12.1 Å². The molecule has 0 aliphatic carbocycles.